The van der Waals surface area contributed by atoms with Crippen LogP contribution in [-0.2, 0) is 18.2 Å². The number of hydrogen-bond acceptors (Lipinski definition) is 7. The Morgan fingerprint density at radius 1 is 1.18 bits per heavy atom. The van der Waals surface area contributed by atoms with E-state index < -0.39 is 23.3 Å². The molecular weight excluding hydrogens is 585 g/mol. The maximum Gasteiger partial charge on any atom is 0.416 e. The van der Waals surface area contributed by atoms with Crippen LogP contribution >= 0.6 is 27.3 Å². The van der Waals surface area contributed by atoms with E-state index in [1.54, 1.807) is 18.3 Å². The lowest BCUT2D eigenvalue weighted by molar-refractivity contribution is -0.137. The molecule has 1 aliphatic carbocycles. The van der Waals surface area contributed by atoms with Gasteiger partial charge in [-0.25, -0.2) is 19.7 Å². The summed E-state index contributed by atoms with van der Waals surface area (Å²) in [5, 5.41) is 24.3. The van der Waals surface area contributed by atoms with Gasteiger partial charge in [0.25, 0.3) is 0 Å². The largest absolute Gasteiger partial charge is 0.478 e. The summed E-state index contributed by atoms with van der Waals surface area (Å²) in [6.07, 6.45) is -0.0837. The van der Waals surface area contributed by atoms with Crippen molar-refractivity contribution in [2.24, 2.45) is 0 Å². The van der Waals surface area contributed by atoms with Crippen LogP contribution in [0.1, 0.15) is 50.5 Å². The molecule has 0 fully saturated rings. The zero-order chi connectivity index (χ0) is 27.2. The summed E-state index contributed by atoms with van der Waals surface area (Å²) in [5.74, 6) is -0.756. The van der Waals surface area contributed by atoms with Crippen LogP contribution in [0, 0.1) is 6.92 Å². The van der Waals surface area contributed by atoms with Gasteiger partial charge >= 0.3 is 12.1 Å². The molecule has 3 heterocycles. The van der Waals surface area contributed by atoms with Crippen LogP contribution in [0.4, 0.5) is 24.8 Å². The summed E-state index contributed by atoms with van der Waals surface area (Å²) < 4.78 is 40.0. The molecule has 3 N–H and O–H groups in total. The van der Waals surface area contributed by atoms with E-state index in [9.17, 15) is 28.2 Å². The van der Waals surface area contributed by atoms with Crippen molar-refractivity contribution in [2.75, 3.05) is 5.32 Å². The number of carboxylic acids is 1. The Bertz CT molecular complexity index is 1560. The van der Waals surface area contributed by atoms with E-state index >= 15 is 0 Å². The topological polar surface area (TPSA) is 108 Å². The van der Waals surface area contributed by atoms with Crippen molar-refractivity contribution in [3.63, 3.8) is 0 Å². The standard InChI is InChI=1S/C26H20BrF3N4O3S/c1-13-9-18(33-22(21(13)27)34-20-11-16(6-8-31-20)26(28,29)30)19-12-32-24(38-19)25(37)7-2-3-14-10-15(23(35)36)4-5-17(14)25/h4-6,8-12,37H,2-3,7H2,1H3,(H,35,36)(H,31,33,34)/t25-/m1/s1. The van der Waals surface area contributed by atoms with Gasteiger partial charge in [-0.05, 0) is 89.1 Å². The van der Waals surface area contributed by atoms with Crippen molar-refractivity contribution in [1.29, 1.82) is 0 Å². The zero-order valence-electron chi connectivity index (χ0n) is 19.8. The van der Waals surface area contributed by atoms with Crippen molar-refractivity contribution in [2.45, 2.75) is 38.0 Å². The van der Waals surface area contributed by atoms with Gasteiger partial charge < -0.3 is 15.5 Å². The number of aliphatic hydroxyl groups is 1. The molecule has 0 unspecified atom stereocenters. The highest BCUT2D eigenvalue weighted by molar-refractivity contribution is 9.10. The molecule has 0 saturated carbocycles. The van der Waals surface area contributed by atoms with E-state index in [-0.39, 0.29) is 17.2 Å². The molecular formula is C26H20BrF3N4O3S. The minimum Gasteiger partial charge on any atom is -0.478 e. The summed E-state index contributed by atoms with van der Waals surface area (Å²) >= 11 is 4.70. The normalized spacial score (nSPS) is 17.2. The third kappa shape index (κ3) is 4.91. The molecule has 5 rings (SSSR count). The highest BCUT2D eigenvalue weighted by Crippen LogP contribution is 2.44. The number of carboxylic acid groups (broad SMARTS) is 1. The van der Waals surface area contributed by atoms with Crippen LogP contribution in [0.15, 0.2) is 53.3 Å². The molecule has 7 nitrogen and oxygen atoms in total. The number of aromatic nitrogens is 3. The predicted molar refractivity (Wildman–Crippen MR) is 140 cm³/mol. The van der Waals surface area contributed by atoms with Gasteiger partial charge in [-0.1, -0.05) is 6.07 Å². The number of pyridine rings is 2. The van der Waals surface area contributed by atoms with Gasteiger partial charge in [0.15, 0.2) is 0 Å². The summed E-state index contributed by atoms with van der Waals surface area (Å²) in [6.45, 7) is 1.83. The number of aryl methyl sites for hydroxylation is 2. The smallest absolute Gasteiger partial charge is 0.416 e. The van der Waals surface area contributed by atoms with Gasteiger partial charge in [-0.2, -0.15) is 13.2 Å². The number of aromatic carboxylic acids is 1. The number of thiazole rings is 1. The van der Waals surface area contributed by atoms with Gasteiger partial charge in [-0.3, -0.25) is 0 Å². The van der Waals surface area contributed by atoms with Crippen molar-refractivity contribution in [3.05, 3.63) is 86.1 Å². The lowest BCUT2D eigenvalue weighted by Gasteiger charge is -2.33. The molecule has 0 amide bonds. The minimum absolute atomic E-state index is 0.0107. The second-order valence-electron chi connectivity index (χ2n) is 8.96. The third-order valence-electron chi connectivity index (χ3n) is 6.37. The number of rotatable bonds is 5. The van der Waals surface area contributed by atoms with Crippen molar-refractivity contribution in [3.8, 4) is 10.6 Å². The van der Waals surface area contributed by atoms with Crippen molar-refractivity contribution in [1.82, 2.24) is 15.0 Å². The second kappa shape index (κ2) is 9.75. The van der Waals surface area contributed by atoms with E-state index in [0.717, 1.165) is 29.5 Å². The maximum absolute atomic E-state index is 13.1. The molecule has 196 valence electrons. The van der Waals surface area contributed by atoms with Gasteiger partial charge in [-0.15, -0.1) is 11.3 Å². The van der Waals surface area contributed by atoms with Crippen LogP contribution in [0.2, 0.25) is 0 Å². The number of halogens is 4. The molecule has 0 spiro atoms. The Morgan fingerprint density at radius 2 is 1.97 bits per heavy atom. The first-order chi connectivity index (χ1) is 18.0. The average molecular weight is 605 g/mol. The number of nitrogens with zero attached hydrogens (tertiary/aromatic N) is 3. The highest BCUT2D eigenvalue weighted by atomic mass is 79.9. The molecule has 0 saturated heterocycles. The fourth-order valence-electron chi connectivity index (χ4n) is 4.47. The van der Waals surface area contributed by atoms with Crippen LogP contribution in [0.5, 0.6) is 0 Å². The summed E-state index contributed by atoms with van der Waals surface area (Å²) in [4.78, 5) is 25.1. The quantitative estimate of drug-likeness (QED) is 0.232. The predicted octanol–water partition coefficient (Wildman–Crippen LogP) is 6.70. The van der Waals surface area contributed by atoms with Gasteiger partial charge in [0.1, 0.15) is 22.2 Å². The molecule has 1 atom stereocenters. The second-order valence-corrected chi connectivity index (χ2v) is 10.8. The van der Waals surface area contributed by atoms with Crippen molar-refractivity contribution < 1.29 is 28.2 Å². The van der Waals surface area contributed by atoms with E-state index in [1.807, 2.05) is 13.0 Å². The molecule has 3 aromatic heterocycles. The lowest BCUT2D eigenvalue weighted by atomic mass is 9.79. The number of fused-ring (bicyclic) bond motifs is 1. The molecule has 12 heteroatoms. The third-order valence-corrected chi connectivity index (χ3v) is 8.54. The molecule has 1 aliphatic rings. The molecule has 38 heavy (non-hydrogen) atoms. The minimum atomic E-state index is -4.51. The number of benzene rings is 1. The van der Waals surface area contributed by atoms with Crippen LogP contribution in [-0.4, -0.2) is 31.1 Å². The highest BCUT2D eigenvalue weighted by Gasteiger charge is 2.39. The fraction of sp³-hybridized carbons (Fsp3) is 0.231. The maximum atomic E-state index is 13.1. The summed E-state index contributed by atoms with van der Waals surface area (Å²) in [7, 11) is 0. The molecule has 0 radical (unpaired) electrons. The van der Waals surface area contributed by atoms with E-state index in [2.05, 4.69) is 36.2 Å². The molecule has 0 bridgehead atoms. The summed E-state index contributed by atoms with van der Waals surface area (Å²) in [6, 6.07) is 8.33. The lowest BCUT2D eigenvalue weighted by Crippen LogP contribution is -2.32. The molecule has 1 aromatic carbocycles. The number of carbonyl (C=O) groups is 1. The average Bonchev–Trinajstić information content (AvgIpc) is 3.37. The summed E-state index contributed by atoms with van der Waals surface area (Å²) in [5.41, 5.74) is 0.661. The Morgan fingerprint density at radius 3 is 2.71 bits per heavy atom. The molecule has 0 aliphatic heterocycles. The number of hydrogen-bond donors (Lipinski definition) is 3. The van der Waals surface area contributed by atoms with E-state index in [1.165, 1.54) is 17.4 Å². The van der Waals surface area contributed by atoms with E-state index in [0.29, 0.717) is 44.9 Å². The first-order valence-corrected chi connectivity index (χ1v) is 13.1. The van der Waals surface area contributed by atoms with Gasteiger partial charge in [0.2, 0.25) is 0 Å². The Kier molecular flexibility index (Phi) is 6.74. The zero-order valence-corrected chi connectivity index (χ0v) is 22.2. The van der Waals surface area contributed by atoms with Crippen LogP contribution in [0.25, 0.3) is 10.6 Å². The molecule has 4 aromatic rings. The van der Waals surface area contributed by atoms with Gasteiger partial charge in [0, 0.05) is 12.4 Å². The first-order valence-electron chi connectivity index (χ1n) is 11.5. The Hall–Kier alpha value is -3.35. The SMILES string of the molecule is Cc1cc(-c2cnc([C@@]3(O)CCCc4cc(C(=O)O)ccc43)s2)nc(Nc2cc(C(F)(F)F)ccn2)c1Br. The number of anilines is 2. The number of alkyl halides is 3. The van der Waals surface area contributed by atoms with Gasteiger partial charge in [0.05, 0.1) is 26.2 Å². The van der Waals surface area contributed by atoms with E-state index in [4.69, 9.17) is 0 Å². The first kappa shape index (κ1) is 26.3. The monoisotopic (exact) mass is 604 g/mol. The Labute approximate surface area is 227 Å². The number of nitrogens with one attached hydrogen (secondary N) is 1. The van der Waals surface area contributed by atoms with Crippen LogP contribution < -0.4 is 5.32 Å². The fourth-order valence-corrected chi connectivity index (χ4v) is 5.79. The Balaban J connectivity index is 1.49. The van der Waals surface area contributed by atoms with Crippen molar-refractivity contribution >= 4 is 44.9 Å². The van der Waals surface area contributed by atoms with Crippen LogP contribution in [0.3, 0.4) is 0 Å².